The maximum atomic E-state index is 13.5. The van der Waals surface area contributed by atoms with E-state index in [0.29, 0.717) is 41.9 Å². The number of rotatable bonds is 9. The van der Waals surface area contributed by atoms with Crippen molar-refractivity contribution in [2.24, 2.45) is 0 Å². The third kappa shape index (κ3) is 5.78. The van der Waals surface area contributed by atoms with Crippen molar-refractivity contribution >= 4 is 28.3 Å². The van der Waals surface area contributed by atoms with Crippen molar-refractivity contribution in [2.45, 2.75) is 32.9 Å². The number of nitrogens with zero attached hydrogens (tertiary/aromatic N) is 5. The summed E-state index contributed by atoms with van der Waals surface area (Å²) in [7, 11) is 1.58. The smallest absolute Gasteiger partial charge is 0.227 e. The lowest BCUT2D eigenvalue weighted by Gasteiger charge is -2.27. The lowest BCUT2D eigenvalue weighted by molar-refractivity contribution is -0.132. The molecule has 8 heteroatoms. The molecule has 3 aromatic carbocycles. The Kier molecular flexibility index (Phi) is 7.89. The average molecular weight is 540 g/mol. The molecule has 0 aliphatic heterocycles. The van der Waals surface area contributed by atoms with Crippen molar-refractivity contribution in [3.05, 3.63) is 95.8 Å². The van der Waals surface area contributed by atoms with E-state index in [-0.39, 0.29) is 11.9 Å². The number of hydrogen-bond acceptors (Lipinski definition) is 5. The Morgan fingerprint density at radius 3 is 2.51 bits per heavy atom. The summed E-state index contributed by atoms with van der Waals surface area (Å²) in [6.07, 6.45) is 3.79. The van der Waals surface area contributed by atoms with E-state index < -0.39 is 0 Å². The zero-order valence-electron chi connectivity index (χ0n) is 22.2. The van der Waals surface area contributed by atoms with E-state index in [1.54, 1.807) is 31.6 Å². The molecule has 0 N–H and O–H groups in total. The van der Waals surface area contributed by atoms with Gasteiger partial charge in [-0.15, -0.1) is 0 Å². The highest BCUT2D eigenvalue weighted by Gasteiger charge is 2.21. The highest BCUT2D eigenvalue weighted by molar-refractivity contribution is 6.32. The van der Waals surface area contributed by atoms with Crippen LogP contribution in [0.15, 0.2) is 85.2 Å². The van der Waals surface area contributed by atoms with Gasteiger partial charge in [-0.05, 0) is 60.5 Å². The number of methoxy groups -OCH3 is 1. The Bertz CT molecular complexity index is 1590. The second-order valence-corrected chi connectivity index (χ2v) is 9.97. The number of pyridine rings is 1. The summed E-state index contributed by atoms with van der Waals surface area (Å²) in [5.74, 6) is 1.91. The van der Waals surface area contributed by atoms with Crippen LogP contribution in [0.3, 0.4) is 0 Å². The van der Waals surface area contributed by atoms with Gasteiger partial charge < -0.3 is 9.64 Å². The van der Waals surface area contributed by atoms with Crippen molar-refractivity contribution in [1.29, 1.82) is 0 Å². The molecule has 0 saturated carbocycles. The minimum absolute atomic E-state index is 0.0280. The SMILES string of the molecule is COc1ccc(-c2nc(-c3ccncc3)n(CCN(C(=O)Cc3cccc4ccccc34)C(C)C)n2)cc1Cl. The highest BCUT2D eigenvalue weighted by Crippen LogP contribution is 2.30. The first kappa shape index (κ1) is 26.4. The fourth-order valence-electron chi connectivity index (χ4n) is 4.72. The molecule has 0 aliphatic carbocycles. The quantitative estimate of drug-likeness (QED) is 0.220. The molecule has 1 amide bonds. The van der Waals surface area contributed by atoms with E-state index in [1.807, 2.05) is 65.9 Å². The van der Waals surface area contributed by atoms with E-state index in [1.165, 1.54) is 0 Å². The summed E-state index contributed by atoms with van der Waals surface area (Å²) in [5, 5.41) is 7.55. The normalized spacial score (nSPS) is 11.2. The van der Waals surface area contributed by atoms with Crippen LogP contribution in [-0.4, -0.2) is 50.3 Å². The molecule has 0 unspecified atom stereocenters. The van der Waals surface area contributed by atoms with Crippen LogP contribution >= 0.6 is 11.6 Å². The van der Waals surface area contributed by atoms with Crippen LogP contribution in [0.1, 0.15) is 19.4 Å². The van der Waals surface area contributed by atoms with Crippen molar-refractivity contribution in [3.63, 3.8) is 0 Å². The molecule has 2 heterocycles. The van der Waals surface area contributed by atoms with Gasteiger partial charge >= 0.3 is 0 Å². The lowest BCUT2D eigenvalue weighted by Crippen LogP contribution is -2.40. The molecular weight excluding hydrogens is 510 g/mol. The van der Waals surface area contributed by atoms with E-state index in [0.717, 1.165) is 27.5 Å². The minimum atomic E-state index is 0.0280. The number of aromatic nitrogens is 4. The molecule has 0 aliphatic rings. The van der Waals surface area contributed by atoms with Crippen LogP contribution in [0.4, 0.5) is 0 Å². The first-order valence-electron chi connectivity index (χ1n) is 12.9. The summed E-state index contributed by atoms with van der Waals surface area (Å²) < 4.78 is 7.14. The Morgan fingerprint density at radius 2 is 1.77 bits per heavy atom. The number of benzene rings is 3. The number of carbonyl (C=O) groups is 1. The van der Waals surface area contributed by atoms with E-state index in [9.17, 15) is 4.79 Å². The molecule has 0 bridgehead atoms. The largest absolute Gasteiger partial charge is 0.495 e. The van der Waals surface area contributed by atoms with Gasteiger partial charge in [0.05, 0.1) is 25.1 Å². The molecule has 39 heavy (non-hydrogen) atoms. The summed E-state index contributed by atoms with van der Waals surface area (Å²) in [6.45, 7) is 5.05. The molecule has 0 atom stereocenters. The molecule has 0 spiro atoms. The molecule has 0 saturated heterocycles. The standard InChI is InChI=1S/C31H30ClN5O2/c1-21(2)36(29(38)20-24-9-6-8-22-7-4-5-10-26(22)24)17-18-37-31(23-13-15-33-16-14-23)34-30(35-37)25-11-12-28(39-3)27(32)19-25/h4-16,19,21H,17-18,20H2,1-3H3. The van der Waals surface area contributed by atoms with E-state index in [4.69, 9.17) is 26.4 Å². The average Bonchev–Trinajstić information content (AvgIpc) is 3.38. The van der Waals surface area contributed by atoms with Crippen LogP contribution in [-0.2, 0) is 17.8 Å². The number of halogens is 1. The van der Waals surface area contributed by atoms with Crippen LogP contribution in [0.5, 0.6) is 5.75 Å². The van der Waals surface area contributed by atoms with Gasteiger partial charge in [-0.3, -0.25) is 9.78 Å². The second-order valence-electron chi connectivity index (χ2n) is 9.56. The fourth-order valence-corrected chi connectivity index (χ4v) is 4.98. The van der Waals surface area contributed by atoms with Crippen molar-refractivity contribution in [3.8, 4) is 28.5 Å². The number of carbonyl (C=O) groups excluding carboxylic acids is 1. The molecule has 5 aromatic rings. The maximum absolute atomic E-state index is 13.5. The van der Waals surface area contributed by atoms with Gasteiger partial charge in [0.2, 0.25) is 5.91 Å². The molecular formula is C31H30ClN5O2. The van der Waals surface area contributed by atoms with Crippen molar-refractivity contribution in [2.75, 3.05) is 13.7 Å². The molecule has 0 radical (unpaired) electrons. The third-order valence-corrected chi connectivity index (χ3v) is 7.03. The number of fused-ring (bicyclic) bond motifs is 1. The van der Waals surface area contributed by atoms with Gasteiger partial charge in [-0.2, -0.15) is 5.10 Å². The topological polar surface area (TPSA) is 73.1 Å². The monoisotopic (exact) mass is 539 g/mol. The van der Waals surface area contributed by atoms with Crippen molar-refractivity contribution in [1.82, 2.24) is 24.6 Å². The first-order valence-corrected chi connectivity index (χ1v) is 13.3. The summed E-state index contributed by atoms with van der Waals surface area (Å²) >= 11 is 6.38. The highest BCUT2D eigenvalue weighted by atomic mass is 35.5. The minimum Gasteiger partial charge on any atom is -0.495 e. The van der Waals surface area contributed by atoms with Crippen LogP contribution in [0.2, 0.25) is 5.02 Å². The number of hydrogen-bond donors (Lipinski definition) is 0. The molecule has 2 aromatic heterocycles. The summed E-state index contributed by atoms with van der Waals surface area (Å²) in [4.78, 5) is 24.4. The lowest BCUT2D eigenvalue weighted by atomic mass is 10.0. The first-order chi connectivity index (χ1) is 18.9. The fraction of sp³-hybridized carbons (Fsp3) is 0.226. The Hall–Kier alpha value is -4.23. The Balaban J connectivity index is 1.41. The van der Waals surface area contributed by atoms with Gasteiger partial charge in [0, 0.05) is 36.1 Å². The predicted molar refractivity (Wildman–Crippen MR) is 155 cm³/mol. The molecule has 7 nitrogen and oxygen atoms in total. The van der Waals surface area contributed by atoms with Crippen LogP contribution in [0.25, 0.3) is 33.5 Å². The molecule has 198 valence electrons. The van der Waals surface area contributed by atoms with Gasteiger partial charge in [-0.25, -0.2) is 9.67 Å². The summed E-state index contributed by atoms with van der Waals surface area (Å²) in [6, 6.07) is 23.6. The van der Waals surface area contributed by atoms with Gasteiger partial charge in [0.15, 0.2) is 11.6 Å². The third-order valence-electron chi connectivity index (χ3n) is 6.74. The molecule has 5 rings (SSSR count). The van der Waals surface area contributed by atoms with Gasteiger partial charge in [-0.1, -0.05) is 54.1 Å². The zero-order valence-corrected chi connectivity index (χ0v) is 23.0. The Labute approximate surface area is 233 Å². The molecule has 0 fully saturated rings. The number of amides is 1. The van der Waals surface area contributed by atoms with Gasteiger partial charge in [0.25, 0.3) is 0 Å². The van der Waals surface area contributed by atoms with Crippen LogP contribution in [0, 0.1) is 0 Å². The van der Waals surface area contributed by atoms with E-state index >= 15 is 0 Å². The van der Waals surface area contributed by atoms with E-state index in [2.05, 4.69) is 23.2 Å². The van der Waals surface area contributed by atoms with Gasteiger partial charge in [0.1, 0.15) is 5.75 Å². The van der Waals surface area contributed by atoms with Crippen LogP contribution < -0.4 is 4.74 Å². The predicted octanol–water partition coefficient (Wildman–Crippen LogP) is 6.30. The second kappa shape index (κ2) is 11.7. The number of ether oxygens (including phenoxy) is 1. The van der Waals surface area contributed by atoms with Crippen molar-refractivity contribution < 1.29 is 9.53 Å². The zero-order chi connectivity index (χ0) is 27.4. The Morgan fingerprint density at radius 1 is 1.00 bits per heavy atom. The summed E-state index contributed by atoms with van der Waals surface area (Å²) in [5.41, 5.74) is 2.70. The maximum Gasteiger partial charge on any atom is 0.227 e.